The summed E-state index contributed by atoms with van der Waals surface area (Å²) in [5.41, 5.74) is 5.74. The van der Waals surface area contributed by atoms with Crippen LogP contribution in [0.15, 0.2) is 23.7 Å². The average Bonchev–Trinajstić information content (AvgIpc) is 2.82. The third-order valence-corrected chi connectivity index (χ3v) is 2.53. The maximum Gasteiger partial charge on any atom is 0.188 e. The van der Waals surface area contributed by atoms with E-state index in [1.807, 2.05) is 10.8 Å². The highest BCUT2D eigenvalue weighted by Gasteiger charge is 1.92. The van der Waals surface area contributed by atoms with E-state index in [0.29, 0.717) is 5.96 Å². The molecule has 1 aromatic rings. The molecule has 0 saturated heterocycles. The lowest BCUT2D eigenvalue weighted by Crippen LogP contribution is -2.34. The lowest BCUT2D eigenvalue weighted by molar-refractivity contribution is 0.660. The molecular weight excluding hydrogens is 341 g/mol. The molecule has 0 amide bonds. The normalized spacial score (nSPS) is 11.1. The quantitative estimate of drug-likeness (QED) is 0.320. The SMILES string of the molecule is CCCCCCN=C(N)NCCn1ccnc1.I. The smallest absolute Gasteiger partial charge is 0.188 e. The number of nitrogens with zero attached hydrogens (tertiary/aromatic N) is 3. The van der Waals surface area contributed by atoms with Gasteiger partial charge in [0.05, 0.1) is 6.33 Å². The number of nitrogens with two attached hydrogens (primary N) is 1. The largest absolute Gasteiger partial charge is 0.370 e. The third kappa shape index (κ3) is 8.32. The van der Waals surface area contributed by atoms with Crippen molar-refractivity contribution in [2.75, 3.05) is 13.1 Å². The minimum absolute atomic E-state index is 0. The second kappa shape index (κ2) is 11.3. The Morgan fingerprint density at radius 2 is 2.22 bits per heavy atom. The number of rotatable bonds is 8. The standard InChI is InChI=1S/C12H23N5.HI/c1-2-3-4-5-6-15-12(13)16-8-10-17-9-7-14-11-17;/h7,9,11H,2-6,8,10H2,1H3,(H3,13,15,16);1H. The Kier molecular flexibility index (Phi) is 10.8. The Hall–Kier alpha value is -0.790. The van der Waals surface area contributed by atoms with Gasteiger partial charge in [-0.15, -0.1) is 24.0 Å². The van der Waals surface area contributed by atoms with E-state index in [2.05, 4.69) is 22.2 Å². The van der Waals surface area contributed by atoms with Gasteiger partial charge in [-0.1, -0.05) is 26.2 Å². The Bertz CT molecular complexity index is 310. The van der Waals surface area contributed by atoms with Crippen LogP contribution in [0.5, 0.6) is 0 Å². The Balaban J connectivity index is 0.00000289. The second-order valence-electron chi connectivity index (χ2n) is 4.05. The fourth-order valence-corrected chi connectivity index (χ4v) is 1.53. The van der Waals surface area contributed by atoms with Crippen molar-refractivity contribution in [2.24, 2.45) is 10.7 Å². The highest BCUT2D eigenvalue weighted by molar-refractivity contribution is 14.0. The van der Waals surface area contributed by atoms with E-state index in [9.17, 15) is 0 Å². The molecule has 0 aromatic carbocycles. The second-order valence-corrected chi connectivity index (χ2v) is 4.05. The molecule has 0 aliphatic heterocycles. The molecule has 1 aromatic heterocycles. The number of aliphatic imine (C=N–C) groups is 1. The molecule has 1 rings (SSSR count). The molecule has 18 heavy (non-hydrogen) atoms. The Morgan fingerprint density at radius 3 is 2.89 bits per heavy atom. The van der Waals surface area contributed by atoms with Gasteiger partial charge >= 0.3 is 0 Å². The molecule has 0 spiro atoms. The van der Waals surface area contributed by atoms with Gasteiger partial charge in [0.2, 0.25) is 0 Å². The van der Waals surface area contributed by atoms with Crippen LogP contribution in [0.4, 0.5) is 0 Å². The van der Waals surface area contributed by atoms with Crippen molar-refractivity contribution >= 4 is 29.9 Å². The van der Waals surface area contributed by atoms with Gasteiger partial charge in [0.25, 0.3) is 0 Å². The first kappa shape index (κ1) is 17.2. The van der Waals surface area contributed by atoms with Gasteiger partial charge in [0.15, 0.2) is 5.96 Å². The number of hydrogen-bond acceptors (Lipinski definition) is 2. The van der Waals surface area contributed by atoms with Crippen molar-refractivity contribution in [3.8, 4) is 0 Å². The van der Waals surface area contributed by atoms with Gasteiger partial charge in [-0.3, -0.25) is 4.99 Å². The number of nitrogens with one attached hydrogen (secondary N) is 1. The first-order chi connectivity index (χ1) is 8.33. The van der Waals surface area contributed by atoms with Crippen molar-refractivity contribution in [1.29, 1.82) is 0 Å². The predicted molar refractivity (Wildman–Crippen MR) is 86.3 cm³/mol. The summed E-state index contributed by atoms with van der Waals surface area (Å²) in [7, 11) is 0. The summed E-state index contributed by atoms with van der Waals surface area (Å²) >= 11 is 0. The molecular formula is C12H24IN5. The molecule has 3 N–H and O–H groups in total. The first-order valence-corrected chi connectivity index (χ1v) is 6.32. The number of aromatic nitrogens is 2. The van der Waals surface area contributed by atoms with E-state index in [1.165, 1.54) is 19.3 Å². The summed E-state index contributed by atoms with van der Waals surface area (Å²) in [6.45, 7) is 4.66. The number of guanidine groups is 1. The van der Waals surface area contributed by atoms with E-state index < -0.39 is 0 Å². The zero-order valence-electron chi connectivity index (χ0n) is 11.0. The number of hydrogen-bond donors (Lipinski definition) is 2. The van der Waals surface area contributed by atoms with Gasteiger partial charge < -0.3 is 15.6 Å². The van der Waals surface area contributed by atoms with Gasteiger partial charge in [0, 0.05) is 32.0 Å². The van der Waals surface area contributed by atoms with Crippen LogP contribution in [0, 0.1) is 0 Å². The fraction of sp³-hybridized carbons (Fsp3) is 0.667. The topological polar surface area (TPSA) is 68.2 Å². The van der Waals surface area contributed by atoms with Crippen molar-refractivity contribution in [3.05, 3.63) is 18.7 Å². The van der Waals surface area contributed by atoms with Crippen LogP contribution in [-0.4, -0.2) is 28.6 Å². The monoisotopic (exact) mass is 365 g/mol. The molecule has 0 unspecified atom stereocenters. The van der Waals surface area contributed by atoms with Crippen LogP contribution < -0.4 is 11.1 Å². The summed E-state index contributed by atoms with van der Waals surface area (Å²) in [6.07, 6.45) is 10.4. The highest BCUT2D eigenvalue weighted by atomic mass is 127. The average molecular weight is 365 g/mol. The number of unbranched alkanes of at least 4 members (excludes halogenated alkanes) is 3. The van der Waals surface area contributed by atoms with Gasteiger partial charge in [-0.25, -0.2) is 4.98 Å². The lowest BCUT2D eigenvalue weighted by atomic mass is 10.2. The van der Waals surface area contributed by atoms with E-state index >= 15 is 0 Å². The van der Waals surface area contributed by atoms with Crippen molar-refractivity contribution in [2.45, 2.75) is 39.2 Å². The van der Waals surface area contributed by atoms with Crippen LogP contribution in [0.2, 0.25) is 0 Å². The zero-order valence-corrected chi connectivity index (χ0v) is 13.3. The fourth-order valence-electron chi connectivity index (χ4n) is 1.53. The summed E-state index contributed by atoms with van der Waals surface area (Å²) in [6, 6.07) is 0. The summed E-state index contributed by atoms with van der Waals surface area (Å²) in [4.78, 5) is 8.24. The minimum atomic E-state index is 0. The molecule has 0 radical (unpaired) electrons. The molecule has 104 valence electrons. The summed E-state index contributed by atoms with van der Waals surface area (Å²) in [5, 5.41) is 3.09. The van der Waals surface area contributed by atoms with Crippen LogP contribution in [-0.2, 0) is 6.54 Å². The minimum Gasteiger partial charge on any atom is -0.370 e. The predicted octanol–water partition coefficient (Wildman–Crippen LogP) is 1.99. The molecule has 0 fully saturated rings. The Labute approximate surface area is 126 Å². The molecule has 0 saturated carbocycles. The van der Waals surface area contributed by atoms with Crippen molar-refractivity contribution in [3.63, 3.8) is 0 Å². The van der Waals surface area contributed by atoms with Gasteiger partial charge in [0.1, 0.15) is 0 Å². The van der Waals surface area contributed by atoms with Crippen LogP contribution >= 0.6 is 24.0 Å². The zero-order chi connectivity index (χ0) is 12.3. The van der Waals surface area contributed by atoms with Crippen molar-refractivity contribution in [1.82, 2.24) is 14.9 Å². The Morgan fingerprint density at radius 1 is 1.39 bits per heavy atom. The van der Waals surface area contributed by atoms with E-state index in [1.54, 1.807) is 12.5 Å². The van der Waals surface area contributed by atoms with Crippen LogP contribution in [0.25, 0.3) is 0 Å². The lowest BCUT2D eigenvalue weighted by Gasteiger charge is -2.06. The summed E-state index contributed by atoms with van der Waals surface area (Å²) < 4.78 is 2.00. The number of halogens is 1. The number of imidazole rings is 1. The van der Waals surface area contributed by atoms with E-state index in [-0.39, 0.29) is 24.0 Å². The van der Waals surface area contributed by atoms with E-state index in [4.69, 9.17) is 5.73 Å². The first-order valence-electron chi connectivity index (χ1n) is 6.32. The highest BCUT2D eigenvalue weighted by Crippen LogP contribution is 1.98. The van der Waals surface area contributed by atoms with Crippen LogP contribution in [0.3, 0.4) is 0 Å². The molecule has 0 aliphatic carbocycles. The molecule has 0 atom stereocenters. The third-order valence-electron chi connectivity index (χ3n) is 2.53. The molecule has 1 heterocycles. The summed E-state index contributed by atoms with van der Waals surface area (Å²) in [5.74, 6) is 0.543. The maximum atomic E-state index is 5.74. The van der Waals surface area contributed by atoms with E-state index in [0.717, 1.165) is 26.1 Å². The molecule has 6 heteroatoms. The van der Waals surface area contributed by atoms with Gasteiger partial charge in [-0.05, 0) is 6.42 Å². The molecule has 0 aliphatic rings. The van der Waals surface area contributed by atoms with Crippen LogP contribution in [0.1, 0.15) is 32.6 Å². The van der Waals surface area contributed by atoms with Gasteiger partial charge in [-0.2, -0.15) is 0 Å². The molecule has 0 bridgehead atoms. The van der Waals surface area contributed by atoms with Crippen molar-refractivity contribution < 1.29 is 0 Å². The maximum absolute atomic E-state index is 5.74. The molecule has 5 nitrogen and oxygen atoms in total.